The molecule has 2 heterocycles. The lowest BCUT2D eigenvalue weighted by atomic mass is 9.96. The smallest absolute Gasteiger partial charge is 0.303 e. The predicted molar refractivity (Wildman–Crippen MR) is 116 cm³/mol. The van der Waals surface area contributed by atoms with E-state index in [1.807, 2.05) is 12.1 Å². The topological polar surface area (TPSA) is 139 Å². The summed E-state index contributed by atoms with van der Waals surface area (Å²) in [5.41, 5.74) is 0.540. The highest BCUT2D eigenvalue weighted by Crippen LogP contribution is 2.31. The number of ether oxygens (including phenoxy) is 5. The zero-order valence-corrected chi connectivity index (χ0v) is 19.2. The third-order valence-corrected chi connectivity index (χ3v) is 4.91. The van der Waals surface area contributed by atoms with Crippen LogP contribution in [0.15, 0.2) is 36.5 Å². The van der Waals surface area contributed by atoms with Crippen LogP contribution in [0.25, 0.3) is 10.9 Å². The number of hydrogen-bond acceptors (Lipinski definition) is 10. The van der Waals surface area contributed by atoms with Crippen LogP contribution in [0.4, 0.5) is 0 Å². The van der Waals surface area contributed by atoms with Crippen LogP contribution < -0.4 is 10.1 Å². The monoisotopic (exact) mass is 474 g/mol. The summed E-state index contributed by atoms with van der Waals surface area (Å²) in [4.78, 5) is 51.6. The summed E-state index contributed by atoms with van der Waals surface area (Å²) in [5.74, 6) is -2.07. The van der Waals surface area contributed by atoms with E-state index in [1.165, 1.54) is 27.7 Å². The van der Waals surface area contributed by atoms with Gasteiger partial charge in [-0.05, 0) is 12.1 Å². The Balaban J connectivity index is 2.03. The third-order valence-electron chi connectivity index (χ3n) is 4.91. The highest BCUT2D eigenvalue weighted by Gasteiger charge is 2.52. The van der Waals surface area contributed by atoms with Crippen LogP contribution >= 0.6 is 0 Å². The van der Waals surface area contributed by atoms with E-state index in [-0.39, 0.29) is 6.61 Å². The molecular formula is C23H26N2O9. The molecule has 2 aromatic rings. The van der Waals surface area contributed by atoms with E-state index in [0.29, 0.717) is 11.3 Å². The average Bonchev–Trinajstić information content (AvgIpc) is 2.75. The first-order valence-electron chi connectivity index (χ1n) is 10.6. The Morgan fingerprint density at radius 3 is 2.26 bits per heavy atom. The maximum absolute atomic E-state index is 12.0. The van der Waals surface area contributed by atoms with Gasteiger partial charge in [0, 0.05) is 39.3 Å². The first-order valence-corrected chi connectivity index (χ1v) is 10.6. The highest BCUT2D eigenvalue weighted by molar-refractivity contribution is 5.84. The van der Waals surface area contributed by atoms with Gasteiger partial charge in [0.1, 0.15) is 30.0 Å². The molecule has 0 radical (unpaired) electrons. The molecule has 1 aliphatic rings. The molecule has 0 bridgehead atoms. The van der Waals surface area contributed by atoms with Crippen LogP contribution in [0.2, 0.25) is 0 Å². The van der Waals surface area contributed by atoms with E-state index in [1.54, 1.807) is 24.4 Å². The van der Waals surface area contributed by atoms with Crippen molar-refractivity contribution in [1.29, 1.82) is 0 Å². The lowest BCUT2D eigenvalue weighted by molar-refractivity contribution is -0.257. The fourth-order valence-electron chi connectivity index (χ4n) is 3.69. The standard InChI is InChI=1S/C23H26N2O9/c1-12(26)25-20-22(32-15(4)29)21(31-14(3)28)18(11-30-13(2)27)34-23(20)33-17-9-5-7-16-8-6-10-24-19(16)17/h5-10,18,20-23H,11H2,1-4H3,(H,25,26)/t18-,20-,21+,22-,23-/m1/s1. The fraction of sp³-hybridized carbons (Fsp3) is 0.435. The van der Waals surface area contributed by atoms with Crippen LogP contribution in [-0.4, -0.2) is 66.0 Å². The number of para-hydroxylation sites is 1. The maximum atomic E-state index is 12.0. The van der Waals surface area contributed by atoms with Crippen molar-refractivity contribution in [3.8, 4) is 5.75 Å². The normalized spacial score (nSPS) is 24.1. The van der Waals surface area contributed by atoms with Gasteiger partial charge in [-0.3, -0.25) is 24.2 Å². The first-order chi connectivity index (χ1) is 16.2. The molecule has 34 heavy (non-hydrogen) atoms. The number of fused-ring (bicyclic) bond motifs is 1. The first kappa shape index (κ1) is 24.9. The Kier molecular flexibility index (Phi) is 8.00. The zero-order chi connectivity index (χ0) is 24.8. The number of pyridine rings is 1. The van der Waals surface area contributed by atoms with Gasteiger partial charge in [0.15, 0.2) is 12.2 Å². The number of aromatic nitrogens is 1. The second-order valence-electron chi connectivity index (χ2n) is 7.67. The van der Waals surface area contributed by atoms with Crippen LogP contribution in [0.3, 0.4) is 0 Å². The second kappa shape index (κ2) is 10.9. The summed E-state index contributed by atoms with van der Waals surface area (Å²) in [6.07, 6.45) is -3.07. The molecule has 1 amide bonds. The lowest BCUT2D eigenvalue weighted by Gasteiger charge is -2.44. The minimum absolute atomic E-state index is 0.314. The SMILES string of the molecule is CC(=O)N[C@H]1[C@H](Oc2cccc3cccnc23)O[C@H](COC(C)=O)[C@H](OC(C)=O)[C@@H]1OC(C)=O. The van der Waals surface area contributed by atoms with E-state index in [9.17, 15) is 19.2 Å². The minimum atomic E-state index is -1.21. The van der Waals surface area contributed by atoms with Gasteiger partial charge < -0.3 is 29.0 Å². The number of nitrogens with zero attached hydrogens (tertiary/aromatic N) is 1. The van der Waals surface area contributed by atoms with Gasteiger partial charge in [-0.2, -0.15) is 0 Å². The van der Waals surface area contributed by atoms with Gasteiger partial charge in [0.2, 0.25) is 12.2 Å². The van der Waals surface area contributed by atoms with Crippen LogP contribution in [-0.2, 0) is 38.1 Å². The molecule has 1 aromatic heterocycles. The van der Waals surface area contributed by atoms with Gasteiger partial charge in [-0.15, -0.1) is 0 Å². The number of benzene rings is 1. The number of esters is 3. The van der Waals surface area contributed by atoms with Crippen molar-refractivity contribution < 1.29 is 42.9 Å². The van der Waals surface area contributed by atoms with E-state index < -0.39 is 54.5 Å². The summed E-state index contributed by atoms with van der Waals surface area (Å²) in [6, 6.07) is 7.84. The number of carbonyl (C=O) groups is 4. The lowest BCUT2D eigenvalue weighted by Crippen LogP contribution is -2.67. The predicted octanol–water partition coefficient (Wildman–Crippen LogP) is 1.27. The fourth-order valence-corrected chi connectivity index (χ4v) is 3.69. The molecule has 1 N–H and O–H groups in total. The molecule has 182 valence electrons. The van der Waals surface area contributed by atoms with Crippen molar-refractivity contribution in [2.45, 2.75) is 58.3 Å². The Hall–Kier alpha value is -3.73. The van der Waals surface area contributed by atoms with Gasteiger partial charge in [0.05, 0.1) is 0 Å². The quantitative estimate of drug-likeness (QED) is 0.461. The molecule has 0 aliphatic carbocycles. The summed E-state index contributed by atoms with van der Waals surface area (Å²) < 4.78 is 28.1. The second-order valence-corrected chi connectivity index (χ2v) is 7.67. The number of rotatable bonds is 7. The van der Waals surface area contributed by atoms with Crippen molar-refractivity contribution in [3.05, 3.63) is 36.5 Å². The molecular weight excluding hydrogens is 448 g/mol. The van der Waals surface area contributed by atoms with Crippen LogP contribution in [0.5, 0.6) is 5.75 Å². The van der Waals surface area contributed by atoms with Gasteiger partial charge >= 0.3 is 17.9 Å². The molecule has 0 saturated carbocycles. The van der Waals surface area contributed by atoms with Crippen molar-refractivity contribution >= 4 is 34.7 Å². The molecule has 0 unspecified atom stereocenters. The summed E-state index contributed by atoms with van der Waals surface area (Å²) >= 11 is 0. The summed E-state index contributed by atoms with van der Waals surface area (Å²) in [6.45, 7) is 4.52. The summed E-state index contributed by atoms with van der Waals surface area (Å²) in [5, 5.41) is 3.46. The van der Waals surface area contributed by atoms with Gasteiger partial charge in [-0.1, -0.05) is 18.2 Å². The Morgan fingerprint density at radius 1 is 0.941 bits per heavy atom. The molecule has 11 heteroatoms. The Labute approximate surface area is 195 Å². The number of hydrogen-bond donors (Lipinski definition) is 1. The molecule has 5 atom stereocenters. The van der Waals surface area contributed by atoms with E-state index in [4.69, 9.17) is 23.7 Å². The molecule has 1 saturated heterocycles. The Bertz CT molecular complexity index is 1070. The Morgan fingerprint density at radius 2 is 1.62 bits per heavy atom. The van der Waals surface area contributed by atoms with E-state index in [2.05, 4.69) is 10.3 Å². The van der Waals surface area contributed by atoms with E-state index in [0.717, 1.165) is 5.39 Å². The maximum Gasteiger partial charge on any atom is 0.303 e. The summed E-state index contributed by atoms with van der Waals surface area (Å²) in [7, 11) is 0. The minimum Gasteiger partial charge on any atom is -0.463 e. The molecule has 1 aromatic carbocycles. The molecule has 11 nitrogen and oxygen atoms in total. The molecule has 0 spiro atoms. The van der Waals surface area contributed by atoms with Gasteiger partial charge in [0.25, 0.3) is 0 Å². The van der Waals surface area contributed by atoms with Crippen molar-refractivity contribution in [3.63, 3.8) is 0 Å². The van der Waals surface area contributed by atoms with Crippen molar-refractivity contribution in [1.82, 2.24) is 10.3 Å². The average molecular weight is 474 g/mol. The zero-order valence-electron chi connectivity index (χ0n) is 19.2. The van der Waals surface area contributed by atoms with E-state index >= 15 is 0 Å². The number of nitrogens with one attached hydrogen (secondary N) is 1. The van der Waals surface area contributed by atoms with Crippen molar-refractivity contribution in [2.75, 3.05) is 6.61 Å². The van der Waals surface area contributed by atoms with Gasteiger partial charge in [-0.25, -0.2) is 0 Å². The third kappa shape index (κ3) is 6.19. The number of carbonyl (C=O) groups excluding carboxylic acids is 4. The van der Waals surface area contributed by atoms with Crippen LogP contribution in [0.1, 0.15) is 27.7 Å². The largest absolute Gasteiger partial charge is 0.463 e. The molecule has 3 rings (SSSR count). The molecule has 1 aliphatic heterocycles. The molecule has 1 fully saturated rings. The van der Waals surface area contributed by atoms with Crippen molar-refractivity contribution in [2.24, 2.45) is 0 Å². The highest BCUT2D eigenvalue weighted by atomic mass is 16.7. The number of amides is 1. The van der Waals surface area contributed by atoms with Crippen LogP contribution in [0, 0.1) is 0 Å².